The highest BCUT2D eigenvalue weighted by Crippen LogP contribution is 2.21. The molecule has 2 N–H and O–H groups in total. The maximum atomic E-state index is 12.5. The Balaban J connectivity index is 1.55. The fourth-order valence-corrected chi connectivity index (χ4v) is 4.49. The maximum absolute atomic E-state index is 12.5. The molecular formula is C19H22N2O4S. The summed E-state index contributed by atoms with van der Waals surface area (Å²) in [5.41, 5.74) is 2.25. The number of nitrogens with zero attached hydrogens (tertiary/aromatic N) is 1. The fraction of sp³-hybridized carbons (Fsp3) is 0.316. The Morgan fingerprint density at radius 3 is 1.92 bits per heavy atom. The first-order valence-electron chi connectivity index (χ1n) is 8.59. The number of carboxylic acids is 1. The molecule has 0 saturated carbocycles. The zero-order chi connectivity index (χ0) is 18.6. The summed E-state index contributed by atoms with van der Waals surface area (Å²) >= 11 is 0. The minimum absolute atomic E-state index is 0.267. The largest absolute Gasteiger partial charge is 0.478 e. The molecule has 0 aromatic heterocycles. The molecule has 1 saturated heterocycles. The van der Waals surface area contributed by atoms with Crippen LogP contribution in [-0.2, 0) is 23.1 Å². The van der Waals surface area contributed by atoms with Crippen LogP contribution in [0.2, 0.25) is 0 Å². The highest BCUT2D eigenvalue weighted by atomic mass is 32.2. The summed E-state index contributed by atoms with van der Waals surface area (Å²) in [5.74, 6) is -0.937. The van der Waals surface area contributed by atoms with Crippen molar-refractivity contribution >= 4 is 16.0 Å². The number of rotatable bonds is 7. The number of hydrogen-bond donors (Lipinski definition) is 2. The Kier molecular flexibility index (Phi) is 5.70. The van der Waals surface area contributed by atoms with Gasteiger partial charge in [0.15, 0.2) is 0 Å². The van der Waals surface area contributed by atoms with E-state index in [4.69, 9.17) is 5.11 Å². The van der Waals surface area contributed by atoms with Gasteiger partial charge in [0.1, 0.15) is 0 Å². The lowest BCUT2D eigenvalue weighted by Gasteiger charge is -2.15. The Bertz CT molecular complexity index is 855. The van der Waals surface area contributed by atoms with Gasteiger partial charge < -0.3 is 10.4 Å². The monoisotopic (exact) mass is 374 g/mol. The lowest BCUT2D eigenvalue weighted by molar-refractivity contribution is 0.0697. The third-order valence-corrected chi connectivity index (χ3v) is 6.40. The lowest BCUT2D eigenvalue weighted by atomic mass is 10.1. The Labute approximate surface area is 153 Å². The minimum atomic E-state index is -3.37. The highest BCUT2D eigenvalue weighted by molar-refractivity contribution is 7.89. The summed E-state index contributed by atoms with van der Waals surface area (Å²) in [7, 11) is -3.37. The van der Waals surface area contributed by atoms with Gasteiger partial charge in [-0.25, -0.2) is 13.2 Å². The van der Waals surface area contributed by atoms with Crippen molar-refractivity contribution in [2.24, 2.45) is 0 Å². The summed E-state index contributed by atoms with van der Waals surface area (Å²) in [6.07, 6.45) is 1.85. The van der Waals surface area contributed by atoms with E-state index in [9.17, 15) is 13.2 Å². The molecule has 0 radical (unpaired) electrons. The Morgan fingerprint density at radius 2 is 1.42 bits per heavy atom. The van der Waals surface area contributed by atoms with Crippen LogP contribution in [0.15, 0.2) is 53.4 Å². The smallest absolute Gasteiger partial charge is 0.335 e. The van der Waals surface area contributed by atoms with Crippen LogP contribution in [0.5, 0.6) is 0 Å². The Hall–Kier alpha value is -2.22. The number of carbonyl (C=O) groups is 1. The fourth-order valence-electron chi connectivity index (χ4n) is 2.97. The number of hydrogen-bond acceptors (Lipinski definition) is 4. The van der Waals surface area contributed by atoms with Crippen molar-refractivity contribution in [2.75, 3.05) is 13.1 Å². The van der Waals surface area contributed by atoms with E-state index < -0.39 is 16.0 Å². The van der Waals surface area contributed by atoms with Gasteiger partial charge in [0.2, 0.25) is 10.0 Å². The molecule has 0 unspecified atom stereocenters. The van der Waals surface area contributed by atoms with E-state index in [1.807, 2.05) is 12.1 Å². The second kappa shape index (κ2) is 7.99. The van der Waals surface area contributed by atoms with Gasteiger partial charge in [-0.1, -0.05) is 24.3 Å². The standard InChI is InChI=1S/C19H22N2O4S/c22-19(23)17-7-3-15(4-8-17)13-20-14-16-5-9-18(10-6-16)26(24,25)21-11-1-2-12-21/h3-10,20H,1-2,11-14H2,(H,22,23). The van der Waals surface area contributed by atoms with Crippen LogP contribution in [0.25, 0.3) is 0 Å². The van der Waals surface area contributed by atoms with Crippen LogP contribution in [0.4, 0.5) is 0 Å². The normalized spacial score (nSPS) is 15.2. The van der Waals surface area contributed by atoms with Gasteiger partial charge in [-0.05, 0) is 48.2 Å². The summed E-state index contributed by atoms with van der Waals surface area (Å²) in [6.45, 7) is 2.41. The molecule has 2 aromatic rings. The van der Waals surface area contributed by atoms with Crippen molar-refractivity contribution in [2.45, 2.75) is 30.8 Å². The maximum Gasteiger partial charge on any atom is 0.335 e. The van der Waals surface area contributed by atoms with E-state index in [0.717, 1.165) is 24.0 Å². The molecule has 1 aliphatic rings. The van der Waals surface area contributed by atoms with Gasteiger partial charge in [0.05, 0.1) is 10.5 Å². The third-order valence-electron chi connectivity index (χ3n) is 4.49. The van der Waals surface area contributed by atoms with Crippen molar-refractivity contribution < 1.29 is 18.3 Å². The SMILES string of the molecule is O=C(O)c1ccc(CNCc2ccc(S(=O)(=O)N3CCCC3)cc2)cc1. The molecule has 7 heteroatoms. The van der Waals surface area contributed by atoms with Gasteiger partial charge in [-0.15, -0.1) is 0 Å². The zero-order valence-electron chi connectivity index (χ0n) is 14.4. The summed E-state index contributed by atoms with van der Waals surface area (Å²) < 4.78 is 26.5. The predicted octanol–water partition coefficient (Wildman–Crippen LogP) is 2.46. The zero-order valence-corrected chi connectivity index (χ0v) is 15.2. The van der Waals surface area contributed by atoms with E-state index in [1.165, 1.54) is 0 Å². The number of carboxylic acid groups (broad SMARTS) is 1. The predicted molar refractivity (Wildman–Crippen MR) is 98.4 cm³/mol. The highest BCUT2D eigenvalue weighted by Gasteiger charge is 2.26. The second-order valence-electron chi connectivity index (χ2n) is 6.36. The molecule has 6 nitrogen and oxygen atoms in total. The third kappa shape index (κ3) is 4.30. The summed E-state index contributed by atoms with van der Waals surface area (Å²) in [6, 6.07) is 13.7. The lowest BCUT2D eigenvalue weighted by Crippen LogP contribution is -2.27. The van der Waals surface area contributed by atoms with Crippen molar-refractivity contribution in [3.8, 4) is 0 Å². The van der Waals surface area contributed by atoms with Crippen LogP contribution < -0.4 is 5.32 Å². The van der Waals surface area contributed by atoms with Gasteiger partial charge in [-0.2, -0.15) is 4.31 Å². The van der Waals surface area contributed by atoms with Crippen LogP contribution >= 0.6 is 0 Å². The number of aromatic carboxylic acids is 1. The number of nitrogens with one attached hydrogen (secondary N) is 1. The topological polar surface area (TPSA) is 86.7 Å². The number of sulfonamides is 1. The van der Waals surface area contributed by atoms with Crippen LogP contribution in [-0.4, -0.2) is 36.9 Å². The summed E-state index contributed by atoms with van der Waals surface area (Å²) in [4.78, 5) is 11.2. The van der Waals surface area contributed by atoms with Gasteiger partial charge in [-0.3, -0.25) is 0 Å². The molecule has 0 amide bonds. The van der Waals surface area contributed by atoms with Gasteiger partial charge in [0.25, 0.3) is 0 Å². The molecule has 1 aliphatic heterocycles. The van der Waals surface area contributed by atoms with Gasteiger partial charge >= 0.3 is 5.97 Å². The molecule has 1 heterocycles. The first-order chi connectivity index (χ1) is 12.5. The van der Waals surface area contributed by atoms with Crippen molar-refractivity contribution in [3.63, 3.8) is 0 Å². The van der Waals surface area contributed by atoms with Crippen LogP contribution in [0, 0.1) is 0 Å². The average molecular weight is 374 g/mol. The van der Waals surface area contributed by atoms with E-state index in [0.29, 0.717) is 31.1 Å². The van der Waals surface area contributed by atoms with E-state index in [2.05, 4.69) is 5.32 Å². The molecule has 26 heavy (non-hydrogen) atoms. The average Bonchev–Trinajstić information content (AvgIpc) is 3.18. The molecule has 0 spiro atoms. The molecule has 1 fully saturated rings. The molecule has 0 aliphatic carbocycles. The molecule has 138 valence electrons. The Morgan fingerprint density at radius 1 is 0.923 bits per heavy atom. The quantitative estimate of drug-likeness (QED) is 0.777. The number of benzene rings is 2. The second-order valence-corrected chi connectivity index (χ2v) is 8.30. The van der Waals surface area contributed by atoms with E-state index in [-0.39, 0.29) is 5.56 Å². The molecule has 3 rings (SSSR count). The van der Waals surface area contributed by atoms with E-state index in [1.54, 1.807) is 40.7 Å². The molecule has 2 aromatic carbocycles. The minimum Gasteiger partial charge on any atom is -0.478 e. The van der Waals surface area contributed by atoms with Crippen molar-refractivity contribution in [1.29, 1.82) is 0 Å². The van der Waals surface area contributed by atoms with Crippen molar-refractivity contribution in [1.82, 2.24) is 9.62 Å². The first-order valence-corrected chi connectivity index (χ1v) is 10.0. The van der Waals surface area contributed by atoms with Gasteiger partial charge in [0, 0.05) is 26.2 Å². The summed E-state index contributed by atoms with van der Waals surface area (Å²) in [5, 5.41) is 12.2. The van der Waals surface area contributed by atoms with Crippen LogP contribution in [0.3, 0.4) is 0 Å². The molecule has 0 atom stereocenters. The molecule has 0 bridgehead atoms. The molecular weight excluding hydrogens is 352 g/mol. The first kappa shape index (κ1) is 18.6. The van der Waals surface area contributed by atoms with E-state index >= 15 is 0 Å². The van der Waals surface area contributed by atoms with Crippen molar-refractivity contribution in [3.05, 3.63) is 65.2 Å². The van der Waals surface area contributed by atoms with Crippen LogP contribution in [0.1, 0.15) is 34.3 Å².